The van der Waals surface area contributed by atoms with Crippen LogP contribution in [0.2, 0.25) is 0 Å². The van der Waals surface area contributed by atoms with Crippen LogP contribution in [-0.4, -0.2) is 25.3 Å². The normalized spacial score (nSPS) is 14.2. The molecule has 1 amide bonds. The van der Waals surface area contributed by atoms with Crippen molar-refractivity contribution >= 4 is 16.8 Å². The summed E-state index contributed by atoms with van der Waals surface area (Å²) in [6.07, 6.45) is 1.67. The van der Waals surface area contributed by atoms with E-state index < -0.39 is 0 Å². The van der Waals surface area contributed by atoms with Gasteiger partial charge in [-0.25, -0.2) is 4.98 Å². The predicted octanol–water partition coefficient (Wildman–Crippen LogP) is 2.59. The summed E-state index contributed by atoms with van der Waals surface area (Å²) in [5, 5.41) is 1.13. The largest absolute Gasteiger partial charge is 0.348 e. The lowest BCUT2D eigenvalue weighted by Gasteiger charge is -2.15. The number of aryl methyl sites for hydroxylation is 2. The predicted molar refractivity (Wildman–Crippen MR) is 79.9 cm³/mol. The summed E-state index contributed by atoms with van der Waals surface area (Å²) in [4.78, 5) is 21.8. The second-order valence-corrected chi connectivity index (χ2v) is 5.59. The highest BCUT2D eigenvalue weighted by atomic mass is 16.2. The van der Waals surface area contributed by atoms with Crippen LogP contribution in [0, 0.1) is 13.8 Å². The van der Waals surface area contributed by atoms with Crippen LogP contribution in [0.1, 0.15) is 27.4 Å². The smallest absolute Gasteiger partial charge is 0.272 e. The molecule has 0 saturated heterocycles. The molecule has 0 unspecified atom stereocenters. The van der Waals surface area contributed by atoms with Crippen LogP contribution in [0.25, 0.3) is 10.9 Å². The number of amides is 1. The van der Waals surface area contributed by atoms with Crippen LogP contribution < -0.4 is 0 Å². The minimum Gasteiger partial charge on any atom is -0.348 e. The third-order valence-corrected chi connectivity index (χ3v) is 4.22. The Labute approximate surface area is 122 Å². The molecule has 1 aromatic carbocycles. The number of carbonyl (C=O) groups is 1. The van der Waals surface area contributed by atoms with E-state index in [4.69, 9.17) is 0 Å². The van der Waals surface area contributed by atoms with E-state index in [9.17, 15) is 4.79 Å². The molecule has 0 fully saturated rings. The van der Waals surface area contributed by atoms with E-state index in [0.717, 1.165) is 28.0 Å². The molecule has 1 N–H and O–H groups in total. The molecule has 0 radical (unpaired) electrons. The zero-order valence-corrected chi connectivity index (χ0v) is 12.1. The minimum atomic E-state index is 0.0769. The molecule has 0 saturated carbocycles. The Morgan fingerprint density at radius 2 is 2.19 bits per heavy atom. The number of benzene rings is 1. The van der Waals surface area contributed by atoms with Crippen LogP contribution in [0.4, 0.5) is 0 Å². The average Bonchev–Trinajstić information content (AvgIpc) is 3.10. The van der Waals surface area contributed by atoms with Crippen molar-refractivity contribution in [1.29, 1.82) is 0 Å². The van der Waals surface area contributed by atoms with Crippen LogP contribution >= 0.6 is 0 Å². The molecule has 4 rings (SSSR count). The Morgan fingerprint density at radius 1 is 1.33 bits per heavy atom. The first-order chi connectivity index (χ1) is 10.1. The standard InChI is InChI=1S/C16H16N4O/c1-10-4-3-5-12-6-14-16(21)19(9-20(14)15(10)12)7-13-11(2)17-8-18-13/h3-6,8H,7,9H2,1-2H3,(H,17,18). The van der Waals surface area contributed by atoms with E-state index in [-0.39, 0.29) is 5.91 Å². The van der Waals surface area contributed by atoms with Gasteiger partial charge in [-0.3, -0.25) is 4.79 Å². The van der Waals surface area contributed by atoms with E-state index in [0.29, 0.717) is 13.2 Å². The molecule has 0 bridgehead atoms. The first-order valence-corrected chi connectivity index (χ1v) is 7.02. The van der Waals surface area contributed by atoms with Gasteiger partial charge in [0.25, 0.3) is 5.91 Å². The van der Waals surface area contributed by atoms with E-state index in [1.807, 2.05) is 24.0 Å². The van der Waals surface area contributed by atoms with Gasteiger partial charge in [0.2, 0.25) is 0 Å². The van der Waals surface area contributed by atoms with Crippen molar-refractivity contribution in [3.05, 3.63) is 53.2 Å². The lowest BCUT2D eigenvalue weighted by molar-refractivity contribution is 0.0755. The van der Waals surface area contributed by atoms with Crippen LogP contribution in [0.3, 0.4) is 0 Å². The average molecular weight is 280 g/mol. The number of hydrogen-bond donors (Lipinski definition) is 1. The Bertz CT molecular complexity index is 858. The van der Waals surface area contributed by atoms with Gasteiger partial charge in [0, 0.05) is 11.1 Å². The second kappa shape index (κ2) is 4.22. The van der Waals surface area contributed by atoms with Crippen molar-refractivity contribution in [3.8, 4) is 0 Å². The van der Waals surface area contributed by atoms with Gasteiger partial charge in [-0.05, 0) is 25.5 Å². The van der Waals surface area contributed by atoms with Gasteiger partial charge in [0.15, 0.2) is 0 Å². The molecule has 21 heavy (non-hydrogen) atoms. The number of H-pyrrole nitrogens is 1. The van der Waals surface area contributed by atoms with E-state index >= 15 is 0 Å². The second-order valence-electron chi connectivity index (χ2n) is 5.59. The Hall–Kier alpha value is -2.56. The number of rotatable bonds is 2. The molecule has 1 aliphatic rings. The molecule has 5 nitrogen and oxygen atoms in total. The lowest BCUT2D eigenvalue weighted by atomic mass is 10.1. The summed E-state index contributed by atoms with van der Waals surface area (Å²) < 4.78 is 2.11. The summed E-state index contributed by atoms with van der Waals surface area (Å²) in [5.41, 5.74) is 5.06. The molecule has 5 heteroatoms. The fraction of sp³-hybridized carbons (Fsp3) is 0.250. The summed E-state index contributed by atoms with van der Waals surface area (Å²) in [7, 11) is 0. The van der Waals surface area contributed by atoms with Gasteiger partial charge in [-0.2, -0.15) is 0 Å². The monoisotopic (exact) mass is 280 g/mol. The van der Waals surface area contributed by atoms with Crippen molar-refractivity contribution < 1.29 is 4.79 Å². The highest BCUT2D eigenvalue weighted by molar-refractivity contribution is 6.01. The summed E-state index contributed by atoms with van der Waals surface area (Å²) in [6, 6.07) is 8.16. The fourth-order valence-corrected chi connectivity index (χ4v) is 3.08. The molecule has 3 heterocycles. The number of para-hydroxylation sites is 1. The molecule has 3 aromatic rings. The van der Waals surface area contributed by atoms with E-state index in [1.165, 1.54) is 5.56 Å². The molecule has 1 aliphatic heterocycles. The summed E-state index contributed by atoms with van der Waals surface area (Å²) in [6.45, 7) is 5.20. The number of hydrogen-bond acceptors (Lipinski definition) is 2. The van der Waals surface area contributed by atoms with Crippen LogP contribution in [0.5, 0.6) is 0 Å². The molecule has 0 atom stereocenters. The number of imidazole rings is 1. The van der Waals surface area contributed by atoms with Gasteiger partial charge in [0.05, 0.1) is 30.8 Å². The first-order valence-electron chi connectivity index (χ1n) is 7.02. The maximum Gasteiger partial charge on any atom is 0.272 e. The number of aromatic amines is 1. The van der Waals surface area contributed by atoms with Crippen molar-refractivity contribution in [3.63, 3.8) is 0 Å². The number of aromatic nitrogens is 3. The van der Waals surface area contributed by atoms with Gasteiger partial charge < -0.3 is 14.5 Å². The number of nitrogens with zero attached hydrogens (tertiary/aromatic N) is 3. The van der Waals surface area contributed by atoms with Crippen molar-refractivity contribution in [2.75, 3.05) is 0 Å². The maximum atomic E-state index is 12.6. The van der Waals surface area contributed by atoms with Crippen LogP contribution in [0.15, 0.2) is 30.6 Å². The molecular weight excluding hydrogens is 264 g/mol. The fourth-order valence-electron chi connectivity index (χ4n) is 3.08. The maximum absolute atomic E-state index is 12.6. The Morgan fingerprint density at radius 3 is 2.95 bits per heavy atom. The van der Waals surface area contributed by atoms with E-state index in [1.54, 1.807) is 6.33 Å². The Kier molecular flexibility index (Phi) is 2.45. The minimum absolute atomic E-state index is 0.0769. The van der Waals surface area contributed by atoms with Gasteiger partial charge in [-0.15, -0.1) is 0 Å². The highest BCUT2D eigenvalue weighted by Crippen LogP contribution is 2.29. The summed E-state index contributed by atoms with van der Waals surface area (Å²) in [5.74, 6) is 0.0769. The topological polar surface area (TPSA) is 53.9 Å². The SMILES string of the molecule is Cc1[nH]cnc1CN1Cn2c(cc3cccc(C)c32)C1=O. The molecule has 106 valence electrons. The van der Waals surface area contributed by atoms with E-state index in [2.05, 4.69) is 33.6 Å². The number of fused-ring (bicyclic) bond motifs is 3. The number of carbonyl (C=O) groups excluding carboxylic acids is 1. The third-order valence-electron chi connectivity index (χ3n) is 4.22. The quantitative estimate of drug-likeness (QED) is 0.784. The molecule has 0 aliphatic carbocycles. The van der Waals surface area contributed by atoms with Crippen molar-refractivity contribution in [1.82, 2.24) is 19.4 Å². The van der Waals surface area contributed by atoms with Gasteiger partial charge in [-0.1, -0.05) is 18.2 Å². The highest BCUT2D eigenvalue weighted by Gasteiger charge is 2.30. The molecular formula is C16H16N4O. The van der Waals surface area contributed by atoms with Gasteiger partial charge in [0.1, 0.15) is 5.69 Å². The Balaban J connectivity index is 1.74. The van der Waals surface area contributed by atoms with Crippen molar-refractivity contribution in [2.24, 2.45) is 0 Å². The van der Waals surface area contributed by atoms with Crippen LogP contribution in [-0.2, 0) is 13.2 Å². The first kappa shape index (κ1) is 12.2. The van der Waals surface area contributed by atoms with Gasteiger partial charge >= 0.3 is 0 Å². The third kappa shape index (κ3) is 1.70. The molecule has 0 spiro atoms. The summed E-state index contributed by atoms with van der Waals surface area (Å²) >= 11 is 0. The molecule has 2 aromatic heterocycles. The number of nitrogens with one attached hydrogen (secondary N) is 1. The zero-order chi connectivity index (χ0) is 14.6. The lowest BCUT2D eigenvalue weighted by Crippen LogP contribution is -2.24. The van der Waals surface area contributed by atoms with Crippen molar-refractivity contribution in [2.45, 2.75) is 27.1 Å². The zero-order valence-electron chi connectivity index (χ0n) is 12.1.